The van der Waals surface area contributed by atoms with Gasteiger partial charge in [0, 0.05) is 18.3 Å². The van der Waals surface area contributed by atoms with E-state index in [4.69, 9.17) is 0 Å². The van der Waals surface area contributed by atoms with Crippen LogP contribution >= 0.6 is 11.8 Å². The third-order valence-corrected chi connectivity index (χ3v) is 5.06. The molecule has 1 unspecified atom stereocenters. The van der Waals surface area contributed by atoms with Gasteiger partial charge in [0.15, 0.2) is 0 Å². The van der Waals surface area contributed by atoms with Crippen molar-refractivity contribution in [1.29, 1.82) is 0 Å². The summed E-state index contributed by atoms with van der Waals surface area (Å²) in [5, 5.41) is 4.46. The van der Waals surface area contributed by atoms with E-state index < -0.39 is 0 Å². The van der Waals surface area contributed by atoms with Crippen LogP contribution in [0.2, 0.25) is 0 Å². The molecule has 1 atom stereocenters. The lowest BCUT2D eigenvalue weighted by Gasteiger charge is -2.13. The molecule has 1 aromatic carbocycles. The minimum Gasteiger partial charge on any atom is -0.312 e. The average molecular weight is 249 g/mol. The smallest absolute Gasteiger partial charge is 0.0208 e. The highest BCUT2D eigenvalue weighted by Gasteiger charge is 2.14. The number of benzene rings is 1. The van der Waals surface area contributed by atoms with Crippen LogP contribution in [0.15, 0.2) is 12.1 Å². The Morgan fingerprint density at radius 2 is 1.94 bits per heavy atom. The number of aryl methyl sites for hydroxylation is 3. The molecular weight excluding hydrogens is 226 g/mol. The Hall–Kier alpha value is -0.470. The molecule has 1 heterocycles. The van der Waals surface area contributed by atoms with Crippen molar-refractivity contribution in [2.45, 2.75) is 45.4 Å². The van der Waals surface area contributed by atoms with Crippen molar-refractivity contribution in [2.24, 2.45) is 0 Å². The normalized spacial score (nSPS) is 19.8. The molecule has 94 valence electrons. The van der Waals surface area contributed by atoms with Gasteiger partial charge in [0.05, 0.1) is 0 Å². The molecule has 1 nitrogen and oxygen atoms in total. The Bertz CT molecular complexity index is 381. The summed E-state index contributed by atoms with van der Waals surface area (Å²) in [6.45, 7) is 8.79. The van der Waals surface area contributed by atoms with Gasteiger partial charge in [-0.1, -0.05) is 12.1 Å². The number of thioether (sulfide) groups is 1. The minimum absolute atomic E-state index is 0.849. The third-order valence-electron chi connectivity index (χ3n) is 3.66. The van der Waals surface area contributed by atoms with Crippen molar-refractivity contribution in [2.75, 3.05) is 12.3 Å². The quantitative estimate of drug-likeness (QED) is 0.875. The molecule has 1 aromatic rings. The van der Waals surface area contributed by atoms with Gasteiger partial charge in [-0.15, -0.1) is 0 Å². The van der Waals surface area contributed by atoms with E-state index in [9.17, 15) is 0 Å². The van der Waals surface area contributed by atoms with Gasteiger partial charge in [-0.2, -0.15) is 11.8 Å². The number of rotatable bonds is 4. The highest BCUT2D eigenvalue weighted by molar-refractivity contribution is 8.00. The lowest BCUT2D eigenvalue weighted by molar-refractivity contribution is 0.644. The van der Waals surface area contributed by atoms with E-state index in [1.165, 1.54) is 40.8 Å². The zero-order chi connectivity index (χ0) is 12.3. The number of hydrogen-bond acceptors (Lipinski definition) is 2. The Morgan fingerprint density at radius 3 is 2.65 bits per heavy atom. The molecule has 2 rings (SSSR count). The Labute approximate surface area is 109 Å². The van der Waals surface area contributed by atoms with Crippen molar-refractivity contribution in [3.63, 3.8) is 0 Å². The first-order chi connectivity index (χ1) is 8.16. The van der Waals surface area contributed by atoms with Gasteiger partial charge in [-0.25, -0.2) is 0 Å². The summed E-state index contributed by atoms with van der Waals surface area (Å²) in [5.74, 6) is 1.36. The van der Waals surface area contributed by atoms with E-state index in [-0.39, 0.29) is 0 Å². The summed E-state index contributed by atoms with van der Waals surface area (Å²) in [7, 11) is 0. The fourth-order valence-electron chi connectivity index (χ4n) is 2.38. The fourth-order valence-corrected chi connectivity index (χ4v) is 3.62. The molecule has 0 bridgehead atoms. The van der Waals surface area contributed by atoms with Crippen molar-refractivity contribution in [3.05, 3.63) is 34.4 Å². The number of hydrogen-bond donors (Lipinski definition) is 1. The monoisotopic (exact) mass is 249 g/mol. The van der Waals surface area contributed by atoms with Crippen molar-refractivity contribution in [3.8, 4) is 0 Å². The van der Waals surface area contributed by atoms with Crippen LogP contribution in [0, 0.1) is 20.8 Å². The summed E-state index contributed by atoms with van der Waals surface area (Å²) < 4.78 is 0. The average Bonchev–Trinajstić information content (AvgIpc) is 2.78. The molecular formula is C15H23NS. The van der Waals surface area contributed by atoms with E-state index in [2.05, 4.69) is 50.0 Å². The second-order valence-electron chi connectivity index (χ2n) is 5.13. The molecule has 17 heavy (non-hydrogen) atoms. The van der Waals surface area contributed by atoms with Gasteiger partial charge in [-0.3, -0.25) is 0 Å². The van der Waals surface area contributed by atoms with Crippen LogP contribution in [0.5, 0.6) is 0 Å². The van der Waals surface area contributed by atoms with Gasteiger partial charge in [-0.05, 0) is 61.6 Å². The van der Waals surface area contributed by atoms with Crippen LogP contribution in [-0.4, -0.2) is 17.5 Å². The highest BCUT2D eigenvalue weighted by atomic mass is 32.2. The molecule has 0 saturated carbocycles. The molecule has 0 spiro atoms. The number of nitrogens with one attached hydrogen (secondary N) is 1. The van der Waals surface area contributed by atoms with Crippen LogP contribution in [0.25, 0.3) is 0 Å². The van der Waals surface area contributed by atoms with Crippen LogP contribution in [0.3, 0.4) is 0 Å². The third kappa shape index (κ3) is 3.49. The Morgan fingerprint density at radius 1 is 1.18 bits per heavy atom. The molecule has 1 aliphatic heterocycles. The second-order valence-corrected chi connectivity index (χ2v) is 6.54. The Balaban J connectivity index is 1.87. The molecule has 0 radical (unpaired) electrons. The van der Waals surface area contributed by atoms with Gasteiger partial charge < -0.3 is 5.32 Å². The minimum atomic E-state index is 0.849. The molecule has 1 saturated heterocycles. The summed E-state index contributed by atoms with van der Waals surface area (Å²) in [4.78, 5) is 0. The predicted molar refractivity (Wildman–Crippen MR) is 77.8 cm³/mol. The lowest BCUT2D eigenvalue weighted by Crippen LogP contribution is -2.23. The topological polar surface area (TPSA) is 12.0 Å². The molecule has 0 aliphatic carbocycles. The zero-order valence-corrected chi connectivity index (χ0v) is 12.0. The SMILES string of the molecule is Cc1cc(C)c(CNCC2CCCS2)cc1C. The first-order valence-corrected chi connectivity index (χ1v) is 7.60. The van der Waals surface area contributed by atoms with E-state index in [0.717, 1.165) is 18.3 Å². The molecule has 2 heteroatoms. The summed E-state index contributed by atoms with van der Waals surface area (Å²) in [5.41, 5.74) is 5.68. The predicted octanol–water partition coefficient (Wildman–Crippen LogP) is 3.60. The maximum Gasteiger partial charge on any atom is 0.0208 e. The molecule has 1 N–H and O–H groups in total. The van der Waals surface area contributed by atoms with E-state index in [1.807, 2.05) is 0 Å². The van der Waals surface area contributed by atoms with E-state index in [0.29, 0.717) is 0 Å². The standard InChI is InChI=1S/C15H23NS/c1-11-7-13(3)14(8-12(11)2)9-16-10-15-5-4-6-17-15/h7-8,15-16H,4-6,9-10H2,1-3H3. The van der Waals surface area contributed by atoms with Gasteiger partial charge >= 0.3 is 0 Å². The second kappa shape index (κ2) is 5.92. The molecule has 1 aliphatic rings. The summed E-state index contributed by atoms with van der Waals surface area (Å²) in [6.07, 6.45) is 2.79. The first kappa shape index (κ1) is 13.0. The summed E-state index contributed by atoms with van der Waals surface area (Å²) >= 11 is 2.12. The lowest BCUT2D eigenvalue weighted by atomic mass is 10.0. The Kier molecular flexibility index (Phi) is 4.52. The van der Waals surface area contributed by atoms with Crippen LogP contribution in [0.1, 0.15) is 35.1 Å². The van der Waals surface area contributed by atoms with Crippen molar-refractivity contribution >= 4 is 11.8 Å². The van der Waals surface area contributed by atoms with E-state index >= 15 is 0 Å². The maximum absolute atomic E-state index is 3.61. The first-order valence-electron chi connectivity index (χ1n) is 6.56. The van der Waals surface area contributed by atoms with Crippen molar-refractivity contribution in [1.82, 2.24) is 5.32 Å². The van der Waals surface area contributed by atoms with Crippen LogP contribution in [0.4, 0.5) is 0 Å². The fraction of sp³-hybridized carbons (Fsp3) is 0.600. The van der Waals surface area contributed by atoms with Crippen LogP contribution in [-0.2, 0) is 6.54 Å². The van der Waals surface area contributed by atoms with Crippen LogP contribution < -0.4 is 5.32 Å². The maximum atomic E-state index is 3.61. The highest BCUT2D eigenvalue weighted by Crippen LogP contribution is 2.25. The molecule has 0 aromatic heterocycles. The summed E-state index contributed by atoms with van der Waals surface area (Å²) in [6, 6.07) is 4.64. The zero-order valence-electron chi connectivity index (χ0n) is 11.2. The van der Waals surface area contributed by atoms with Gasteiger partial charge in [0.25, 0.3) is 0 Å². The van der Waals surface area contributed by atoms with Crippen molar-refractivity contribution < 1.29 is 0 Å². The largest absolute Gasteiger partial charge is 0.312 e. The molecule has 1 fully saturated rings. The van der Waals surface area contributed by atoms with Gasteiger partial charge in [0.2, 0.25) is 0 Å². The molecule has 0 amide bonds. The van der Waals surface area contributed by atoms with Gasteiger partial charge in [0.1, 0.15) is 0 Å². The van der Waals surface area contributed by atoms with E-state index in [1.54, 1.807) is 0 Å².